The van der Waals surface area contributed by atoms with Gasteiger partial charge in [-0.25, -0.2) is 8.42 Å². The third-order valence-electron chi connectivity index (χ3n) is 3.08. The van der Waals surface area contributed by atoms with Crippen molar-refractivity contribution in [3.63, 3.8) is 0 Å². The fourth-order valence-electron chi connectivity index (χ4n) is 2.12. The van der Waals surface area contributed by atoms with E-state index in [9.17, 15) is 8.42 Å². The van der Waals surface area contributed by atoms with Crippen LogP contribution >= 0.6 is 59.6 Å². The Hall–Kier alpha value is 1.41. The fraction of sp³-hybridized carbons (Fsp3) is 0.889. The van der Waals surface area contributed by atoms with Crippen LogP contribution in [0.4, 0.5) is 0 Å². The summed E-state index contributed by atoms with van der Waals surface area (Å²) in [6, 6.07) is 0.170. The van der Waals surface area contributed by atoms with Crippen LogP contribution in [0, 0.1) is 5.92 Å². The van der Waals surface area contributed by atoms with Crippen LogP contribution in [-0.2, 0) is 9.84 Å². The fourth-order valence-corrected chi connectivity index (χ4v) is 7.23. The van der Waals surface area contributed by atoms with Crippen molar-refractivity contribution >= 4 is 73.8 Å². The lowest BCUT2D eigenvalue weighted by Gasteiger charge is -2.26. The molecule has 0 saturated heterocycles. The predicted octanol–water partition coefficient (Wildman–Crippen LogP) is 3.86. The van der Waals surface area contributed by atoms with E-state index in [1.165, 1.54) is 18.2 Å². The molecule has 3 nitrogen and oxygen atoms in total. The van der Waals surface area contributed by atoms with E-state index in [2.05, 4.69) is 59.7 Å². The molecule has 1 aliphatic heterocycles. The van der Waals surface area contributed by atoms with E-state index in [1.54, 1.807) is 0 Å². The van der Waals surface area contributed by atoms with Crippen LogP contribution in [0.2, 0.25) is 0 Å². The van der Waals surface area contributed by atoms with Crippen LogP contribution in [0.25, 0.3) is 0 Å². The molecule has 2 rings (SSSR count). The van der Waals surface area contributed by atoms with Crippen LogP contribution in [0.1, 0.15) is 26.2 Å². The Bertz CT molecular complexity index is 444. The zero-order valence-electron chi connectivity index (χ0n) is 9.07. The lowest BCUT2D eigenvalue weighted by molar-refractivity contribution is 0.358. The van der Waals surface area contributed by atoms with Crippen molar-refractivity contribution in [3.05, 3.63) is 0 Å². The quantitative estimate of drug-likeness (QED) is 0.506. The van der Waals surface area contributed by atoms with Gasteiger partial charge in [-0.05, 0) is 73.0 Å². The summed E-state index contributed by atoms with van der Waals surface area (Å²) in [6.07, 6.45) is 3.22. The van der Waals surface area contributed by atoms with E-state index < -0.39 is 11.3 Å². The summed E-state index contributed by atoms with van der Waals surface area (Å²) in [5.41, 5.74) is 0. The van der Waals surface area contributed by atoms with Crippen LogP contribution in [-0.4, -0.2) is 25.6 Å². The maximum Gasteiger partial charge on any atom is 0.241 e. The maximum atomic E-state index is 12.2. The minimum atomic E-state index is -3.49. The molecule has 0 aromatic rings. The van der Waals surface area contributed by atoms with Crippen LogP contribution in [0.3, 0.4) is 0 Å². The lowest BCUT2D eigenvalue weighted by Crippen LogP contribution is -2.26. The molecule has 2 aliphatic rings. The van der Waals surface area contributed by atoms with Gasteiger partial charge in [0.1, 0.15) is 0 Å². The molecule has 98 valence electrons. The van der Waals surface area contributed by atoms with Crippen molar-refractivity contribution in [2.24, 2.45) is 10.9 Å². The molecule has 0 aromatic heterocycles. The van der Waals surface area contributed by atoms with Crippen molar-refractivity contribution in [1.82, 2.24) is 0 Å². The molecule has 17 heavy (non-hydrogen) atoms. The smallest absolute Gasteiger partial charge is 0.241 e. The van der Waals surface area contributed by atoms with E-state index in [1.807, 2.05) is 0 Å². The van der Waals surface area contributed by atoms with Crippen molar-refractivity contribution < 1.29 is 8.42 Å². The highest BCUT2D eigenvalue weighted by Gasteiger charge is 2.46. The molecule has 1 aliphatic carbocycles. The van der Waals surface area contributed by atoms with Gasteiger partial charge >= 0.3 is 0 Å². The summed E-state index contributed by atoms with van der Waals surface area (Å²) in [5, 5.41) is 0.339. The van der Waals surface area contributed by atoms with Gasteiger partial charge < -0.3 is 0 Å². The Kier molecular flexibility index (Phi) is 4.42. The molecule has 3 unspecified atom stereocenters. The Balaban J connectivity index is 2.24. The number of hydrogen-bond acceptors (Lipinski definition) is 4. The van der Waals surface area contributed by atoms with Gasteiger partial charge in [0.2, 0.25) is 11.3 Å². The molecule has 1 heterocycles. The number of alkyl halides is 3. The molecular weight excluding hydrogens is 458 g/mol. The number of hydrogen-bond donors (Lipinski definition) is 0. The van der Waals surface area contributed by atoms with Gasteiger partial charge in [-0.1, -0.05) is 18.7 Å². The summed E-state index contributed by atoms with van der Waals surface area (Å²) in [7, 11) is -3.49. The minimum absolute atomic E-state index is 0.170. The molecule has 0 aromatic carbocycles. The largest absolute Gasteiger partial charge is 0.263 e. The number of aliphatic imine (C=N–C) groups is 1. The highest BCUT2D eigenvalue weighted by molar-refractivity contribution is 9.42. The van der Waals surface area contributed by atoms with Crippen molar-refractivity contribution in [3.8, 4) is 0 Å². The second kappa shape index (κ2) is 5.07. The summed E-state index contributed by atoms with van der Waals surface area (Å²) < 4.78 is 23.3. The summed E-state index contributed by atoms with van der Waals surface area (Å²) >= 11 is 10.6. The maximum absolute atomic E-state index is 12.2. The highest BCUT2D eigenvalue weighted by atomic mass is 80.0. The molecule has 0 bridgehead atoms. The second-order valence-electron chi connectivity index (χ2n) is 4.49. The molecule has 0 spiro atoms. The lowest BCUT2D eigenvalue weighted by atomic mass is 9.87. The van der Waals surface area contributed by atoms with Gasteiger partial charge in [-0.15, -0.1) is 0 Å². The number of halogens is 3. The van der Waals surface area contributed by atoms with E-state index in [0.29, 0.717) is 11.2 Å². The zero-order valence-corrected chi connectivity index (χ0v) is 15.5. The van der Waals surface area contributed by atoms with Gasteiger partial charge in [-0.3, -0.25) is 4.99 Å². The van der Waals surface area contributed by atoms with Crippen molar-refractivity contribution in [2.75, 3.05) is 0 Å². The molecule has 0 N–H and O–H groups in total. The Labute approximate surface area is 131 Å². The summed E-state index contributed by atoms with van der Waals surface area (Å²) in [5.74, 6) is 0.643. The van der Waals surface area contributed by atoms with Crippen molar-refractivity contribution in [2.45, 2.75) is 39.0 Å². The number of rotatable bonds is 0. The first kappa shape index (κ1) is 14.8. The van der Waals surface area contributed by atoms with Gasteiger partial charge in [0.15, 0.2) is 4.38 Å². The number of thioether (sulfide) groups is 1. The van der Waals surface area contributed by atoms with Crippen LogP contribution in [0.15, 0.2) is 4.99 Å². The Morgan fingerprint density at radius 3 is 2.59 bits per heavy atom. The topological polar surface area (TPSA) is 46.5 Å². The van der Waals surface area contributed by atoms with Crippen LogP contribution < -0.4 is 0 Å². The molecule has 1 saturated carbocycles. The molecule has 3 atom stereocenters. The van der Waals surface area contributed by atoms with E-state index in [0.717, 1.165) is 12.8 Å². The van der Waals surface area contributed by atoms with Gasteiger partial charge in [0.05, 0.1) is 6.04 Å². The number of fused-ring (bicyclic) bond motifs is 1. The first-order valence-electron chi connectivity index (χ1n) is 5.27. The minimum Gasteiger partial charge on any atom is -0.263 e. The van der Waals surface area contributed by atoms with E-state index >= 15 is 0 Å². The standard InChI is InChI=1S/C9H12Br3NO2S2/c1-5-2-3-7-6(4-5)13-8(16-7)17(14,15)9(10,11)12/h5-7H,2-4H2,1H3. The predicted molar refractivity (Wildman–Crippen MR) is 84.0 cm³/mol. The highest BCUT2D eigenvalue weighted by Crippen LogP contribution is 2.47. The van der Waals surface area contributed by atoms with E-state index in [4.69, 9.17) is 0 Å². The zero-order chi connectivity index (χ0) is 12.8. The Morgan fingerprint density at radius 2 is 2.00 bits per heavy atom. The monoisotopic (exact) mass is 467 g/mol. The molecule has 0 amide bonds. The Morgan fingerprint density at radius 1 is 1.35 bits per heavy atom. The first-order valence-corrected chi connectivity index (χ1v) is 10.0. The normalized spacial score (nSPS) is 34.4. The van der Waals surface area contributed by atoms with Crippen LogP contribution in [0.5, 0.6) is 0 Å². The third kappa shape index (κ3) is 2.95. The van der Waals surface area contributed by atoms with Gasteiger partial charge in [0.25, 0.3) is 0 Å². The first-order chi connectivity index (χ1) is 7.72. The van der Waals surface area contributed by atoms with Crippen molar-refractivity contribution in [1.29, 1.82) is 0 Å². The number of nitrogens with zero attached hydrogens (tertiary/aromatic N) is 1. The molecule has 8 heteroatoms. The SMILES string of the molecule is CC1CCC2SC(S(=O)(=O)C(Br)(Br)Br)=NC2C1. The van der Waals surface area contributed by atoms with Gasteiger partial charge in [-0.2, -0.15) is 0 Å². The molecule has 1 fully saturated rings. The molecular formula is C9H12Br3NO2S2. The third-order valence-corrected chi connectivity index (χ3v) is 10.2. The average Bonchev–Trinajstić information content (AvgIpc) is 2.58. The van der Waals surface area contributed by atoms with Gasteiger partial charge in [0, 0.05) is 5.25 Å². The summed E-state index contributed by atoms with van der Waals surface area (Å²) in [4.78, 5) is 4.40. The summed E-state index contributed by atoms with van der Waals surface area (Å²) in [6.45, 7) is 2.20. The number of sulfone groups is 1. The molecule has 0 radical (unpaired) electrons. The average molecular weight is 470 g/mol. The second-order valence-corrected chi connectivity index (χ2v) is 16.3. The van der Waals surface area contributed by atoms with E-state index in [-0.39, 0.29) is 10.4 Å².